The molecule has 0 aliphatic heterocycles. The molecule has 0 heterocycles. The normalized spacial score (nSPS) is 12.3. The van der Waals surface area contributed by atoms with Crippen molar-refractivity contribution in [2.24, 2.45) is 0 Å². The zero-order valence-electron chi connectivity index (χ0n) is 101. The van der Waals surface area contributed by atoms with Gasteiger partial charge in [-0.25, -0.2) is 0 Å². The summed E-state index contributed by atoms with van der Waals surface area (Å²) in [5.41, 5.74) is 44.4. The third kappa shape index (κ3) is 27.6. The maximum absolute atomic E-state index is 2.53. The second-order valence-corrected chi connectivity index (χ2v) is 35.2. The van der Waals surface area contributed by atoms with Crippen LogP contribution in [0.15, 0.2) is 243 Å². The molecule has 8 nitrogen and oxygen atoms in total. The van der Waals surface area contributed by atoms with E-state index in [4.69, 9.17) is 0 Å². The second-order valence-electron chi connectivity index (χ2n) is 35.2. The molecule has 147 heavy (non-hydrogen) atoms. The van der Waals surface area contributed by atoms with Gasteiger partial charge >= 0.3 is 0 Å². The average Bonchev–Trinajstić information content (AvgIpc) is 1.52. The van der Waals surface area contributed by atoms with Crippen molar-refractivity contribution in [1.29, 1.82) is 0 Å². The van der Waals surface area contributed by atoms with E-state index in [1.54, 1.807) is 0 Å². The minimum atomic E-state index is -0.321. The first kappa shape index (κ1) is 130. The first-order chi connectivity index (χ1) is 72.2. The Kier molecular flexibility index (Phi) is 59.5. The van der Waals surface area contributed by atoms with E-state index in [1.807, 2.05) is 166 Å². The van der Waals surface area contributed by atoms with Gasteiger partial charge in [-0.05, 0) is 319 Å². The van der Waals surface area contributed by atoms with Crippen LogP contribution >= 0.6 is 0 Å². The van der Waals surface area contributed by atoms with Crippen LogP contribution in [-0.2, 0) is 68.6 Å². The van der Waals surface area contributed by atoms with Crippen LogP contribution in [0.2, 0.25) is 0 Å². The molecule has 0 aromatic heterocycles. The van der Waals surface area contributed by atoms with Gasteiger partial charge < -0.3 is 0 Å². The molecule has 6 aliphatic rings. The maximum Gasteiger partial charge on any atom is 0.0725 e. The lowest BCUT2D eigenvalue weighted by Crippen LogP contribution is -2.27. The van der Waals surface area contributed by atoms with E-state index < -0.39 is 0 Å². The van der Waals surface area contributed by atoms with Crippen molar-refractivity contribution < 1.29 is 0 Å². The summed E-state index contributed by atoms with van der Waals surface area (Å²) < 4.78 is 0. The molecule has 18 rings (SSSR count). The highest BCUT2D eigenvalue weighted by molar-refractivity contribution is 5.99. The monoisotopic (exact) mass is 1990 g/mol. The maximum atomic E-state index is 2.53. The van der Waals surface area contributed by atoms with Gasteiger partial charge in [-0.3, -0.25) is 39.2 Å². The van der Waals surface area contributed by atoms with Crippen molar-refractivity contribution >= 4 is 0 Å². The van der Waals surface area contributed by atoms with Crippen LogP contribution in [0, 0.1) is 0 Å². The fourth-order valence-corrected chi connectivity index (χ4v) is 22.3. The van der Waals surface area contributed by atoms with Crippen molar-refractivity contribution in [2.75, 3.05) is 105 Å². The Balaban J connectivity index is 0.000000419. The van der Waals surface area contributed by atoms with Crippen LogP contribution in [-0.4, -0.2) is 144 Å². The Bertz CT molecular complexity index is 5250. The molecule has 804 valence electrons. The lowest BCUT2D eigenvalue weighted by atomic mass is 9.70. The van der Waals surface area contributed by atoms with E-state index in [2.05, 4.69) is 393 Å². The molecule has 3 spiro atoms. The van der Waals surface area contributed by atoms with Crippen molar-refractivity contribution in [3.05, 3.63) is 354 Å². The summed E-state index contributed by atoms with van der Waals surface area (Å²) >= 11 is 0. The topological polar surface area (TPSA) is 25.9 Å². The molecule has 6 aliphatic carbocycles. The van der Waals surface area contributed by atoms with Gasteiger partial charge in [0.1, 0.15) is 0 Å². The van der Waals surface area contributed by atoms with E-state index in [1.165, 1.54) is 178 Å². The predicted octanol–water partition coefficient (Wildman–Crippen LogP) is 37.1. The summed E-state index contributed by atoms with van der Waals surface area (Å²) in [6, 6.07) is 95.3. The lowest BCUT2D eigenvalue weighted by Gasteiger charge is -2.31. The SMILES string of the molecule is CC.CC.CC.CC.CC.CC.CC.CC.CC.CC.CC.CC.CCN(CC)Cc1ccc2c(c1)-c1cc(CN(CC)CC)ccc1C21c2ccc(CN(CC)CC)cc2-c2cc(CN(CC)CC)ccc21.CCN(CC)Cc1ccc2c(c1)-c1cc(CN(CC)CC)ccc1C21c2ccccc2-c2ccccc21.CCN(CC)Cc1ccc2c(c1)C1(c3ccccc3-c3ccccc31)c1cc(CN(CC)CC)ccc1-2. The Morgan fingerprint density at radius 3 is 0.388 bits per heavy atom. The van der Waals surface area contributed by atoms with Gasteiger partial charge in [0.15, 0.2) is 0 Å². The minimum Gasteiger partial charge on any atom is -0.300 e. The van der Waals surface area contributed by atoms with Crippen LogP contribution < -0.4 is 0 Å². The van der Waals surface area contributed by atoms with Crippen molar-refractivity contribution in [3.63, 3.8) is 0 Å². The molecular weight excluding hydrogens is 1780 g/mol. The highest BCUT2D eigenvalue weighted by atomic mass is 15.1. The highest BCUT2D eigenvalue weighted by Gasteiger charge is 2.55. The summed E-state index contributed by atoms with van der Waals surface area (Å²) in [4.78, 5) is 20.1. The lowest BCUT2D eigenvalue weighted by molar-refractivity contribution is 0.295. The molecule has 12 aromatic rings. The number of fused-ring (bicyclic) bond motifs is 30. The van der Waals surface area contributed by atoms with Gasteiger partial charge in [0, 0.05) is 52.4 Å². The Morgan fingerprint density at radius 2 is 0.238 bits per heavy atom. The number of nitrogens with zero attached hydrogens (tertiary/aromatic N) is 8. The smallest absolute Gasteiger partial charge is 0.0725 e. The van der Waals surface area contributed by atoms with Gasteiger partial charge in [-0.1, -0.05) is 483 Å². The standard InChI is InChI=1S/C45H60N4.2C35H38N2.12C2H6/c1-9-46(10-2)29-33-17-21-41-37(25-33)38-26-34(30-47(11-3)12-4)18-22-42(38)45(41)43-23-19-35(31-48(13-5)14-6)27-39(43)40-28-36(20-24-44(40)45)32-49(15-7)16-8;1-5-36(6-2)23-25-17-19-33-29(21-25)30-22-26(24-37(7-3)8-4)18-20-34(30)35(33)31-15-11-9-13-27(31)28-14-10-12-16-32(28)35;1-5-36(6-2)23-25-17-19-29-30-20-18-26(24-37(7-3)8-4)22-34(30)35(33(29)21-25)31-15-11-9-13-27(31)28-14-10-12-16-32(28)35;12*1-2/h17-28H,9-16,29-32H2,1-8H3;2*9-22H,5-8,23-24H2,1-4H3;12*1-2H3. The molecule has 0 radical (unpaired) electrons. The third-order valence-corrected chi connectivity index (χ3v) is 29.4. The number of hydrogen-bond donors (Lipinski definition) is 0. The molecular formula is C139H208N8. The summed E-state index contributed by atoms with van der Waals surface area (Å²) in [7, 11) is 0. The molecule has 12 aromatic carbocycles. The van der Waals surface area contributed by atoms with Crippen molar-refractivity contribution in [2.45, 2.75) is 346 Å². The minimum absolute atomic E-state index is 0.251. The second kappa shape index (κ2) is 67.5. The molecule has 0 saturated carbocycles. The number of benzene rings is 12. The zero-order valence-corrected chi connectivity index (χ0v) is 101. The largest absolute Gasteiger partial charge is 0.300 e. The number of rotatable bonds is 32. The molecule has 8 heteroatoms. The van der Waals surface area contributed by atoms with Crippen LogP contribution in [0.25, 0.3) is 66.8 Å². The van der Waals surface area contributed by atoms with Crippen molar-refractivity contribution in [3.8, 4) is 66.8 Å². The Labute approximate surface area is 904 Å². The Morgan fingerprint density at radius 1 is 0.122 bits per heavy atom. The van der Waals surface area contributed by atoms with Gasteiger partial charge in [0.2, 0.25) is 0 Å². The molecule has 0 atom stereocenters. The average molecular weight is 1990 g/mol. The van der Waals surface area contributed by atoms with Gasteiger partial charge in [0.05, 0.1) is 16.2 Å². The van der Waals surface area contributed by atoms with Gasteiger partial charge in [-0.15, -0.1) is 0 Å². The van der Waals surface area contributed by atoms with E-state index in [0.717, 1.165) is 157 Å². The molecule has 0 bridgehead atoms. The molecule has 0 N–H and O–H groups in total. The van der Waals surface area contributed by atoms with Crippen LogP contribution in [0.1, 0.15) is 388 Å². The zero-order chi connectivity index (χ0) is 110. The summed E-state index contributed by atoms with van der Waals surface area (Å²) in [6.07, 6.45) is 0. The molecule has 0 saturated heterocycles. The summed E-state index contributed by atoms with van der Waals surface area (Å²) in [5, 5.41) is 0. The summed E-state index contributed by atoms with van der Waals surface area (Å²) in [5.74, 6) is 0. The molecule has 0 amide bonds. The van der Waals surface area contributed by atoms with Crippen LogP contribution in [0.4, 0.5) is 0 Å². The number of hydrogen-bond acceptors (Lipinski definition) is 8. The Hall–Kier alpha value is -9.68. The van der Waals surface area contributed by atoms with E-state index in [-0.39, 0.29) is 16.2 Å². The van der Waals surface area contributed by atoms with E-state index in [9.17, 15) is 0 Å². The van der Waals surface area contributed by atoms with Crippen molar-refractivity contribution in [1.82, 2.24) is 39.2 Å². The van der Waals surface area contributed by atoms with Crippen LogP contribution in [0.3, 0.4) is 0 Å². The van der Waals surface area contributed by atoms with E-state index in [0.29, 0.717) is 0 Å². The van der Waals surface area contributed by atoms with E-state index >= 15 is 0 Å². The quantitative estimate of drug-likeness (QED) is 0.0412. The fourth-order valence-electron chi connectivity index (χ4n) is 22.3. The van der Waals surface area contributed by atoms with Gasteiger partial charge in [0.25, 0.3) is 0 Å². The summed E-state index contributed by atoms with van der Waals surface area (Å²) in [6.45, 7) is 109. The first-order valence-electron chi connectivity index (χ1n) is 59.4. The highest BCUT2D eigenvalue weighted by Crippen LogP contribution is 2.67. The fraction of sp³-hybridized carbons (Fsp3) is 0.482. The first-order valence-corrected chi connectivity index (χ1v) is 59.4. The van der Waals surface area contributed by atoms with Gasteiger partial charge in [-0.2, -0.15) is 0 Å². The molecule has 0 fully saturated rings. The van der Waals surface area contributed by atoms with Crippen LogP contribution in [0.5, 0.6) is 0 Å². The molecule has 0 unspecified atom stereocenters. The predicted molar refractivity (Wildman–Crippen MR) is 657 cm³/mol. The third-order valence-electron chi connectivity index (χ3n) is 29.4.